The maximum atomic E-state index is 13.0. The van der Waals surface area contributed by atoms with E-state index in [2.05, 4.69) is 43.2 Å². The lowest BCUT2D eigenvalue weighted by Gasteiger charge is -2.39. The molecule has 0 saturated carbocycles. The molecule has 0 unspecified atom stereocenters. The number of carboxylic acids is 1. The van der Waals surface area contributed by atoms with Crippen molar-refractivity contribution in [1.82, 2.24) is 5.32 Å². The molecule has 45 heavy (non-hydrogen) atoms. The Bertz CT molecular complexity index is 1540. The third-order valence-corrected chi connectivity index (χ3v) is 9.65. The Labute approximate surface area is 284 Å². The van der Waals surface area contributed by atoms with E-state index in [4.69, 9.17) is 9.47 Å². The number of nitrogens with one attached hydrogen (secondary N) is 1. The standard InChI is InChI=1S/C35H32Br2N2O5S/c1-34(2,3)44-33(42)39-30(32(40)41)29(22-43-31-27(36)19-23(21-38)20-28(31)37)45-35(24-13-7-4-8-14-24,25-15-9-5-10-16-25)26-17-11-6-12-18-26/h4-20,29-30H,22H2,1-3H3,(H,39,42)(H,40,41)/t29-,30+/m1/s1. The smallest absolute Gasteiger partial charge is 0.408 e. The molecular formula is C35H32Br2N2O5S. The van der Waals surface area contributed by atoms with Gasteiger partial charge in [0.05, 0.1) is 30.6 Å². The van der Waals surface area contributed by atoms with Gasteiger partial charge in [0.15, 0.2) is 0 Å². The molecule has 4 aromatic rings. The molecule has 232 valence electrons. The Hall–Kier alpha value is -3.78. The summed E-state index contributed by atoms with van der Waals surface area (Å²) < 4.78 is 11.9. The van der Waals surface area contributed by atoms with E-state index >= 15 is 0 Å². The van der Waals surface area contributed by atoms with Crippen LogP contribution in [0, 0.1) is 11.3 Å². The first-order chi connectivity index (χ1) is 21.4. The zero-order valence-electron chi connectivity index (χ0n) is 24.9. The lowest BCUT2D eigenvalue weighted by molar-refractivity contribution is -0.139. The van der Waals surface area contributed by atoms with Gasteiger partial charge in [0.1, 0.15) is 24.0 Å². The number of rotatable bonds is 11. The predicted octanol–water partition coefficient (Wildman–Crippen LogP) is 8.53. The number of nitriles is 1. The van der Waals surface area contributed by atoms with E-state index in [1.165, 1.54) is 11.8 Å². The molecule has 0 bridgehead atoms. The normalized spacial score (nSPS) is 12.8. The van der Waals surface area contributed by atoms with Gasteiger partial charge in [-0.25, -0.2) is 9.59 Å². The van der Waals surface area contributed by atoms with Crippen molar-refractivity contribution in [3.05, 3.63) is 134 Å². The number of hydrogen-bond acceptors (Lipinski definition) is 6. The highest BCUT2D eigenvalue weighted by Crippen LogP contribution is 2.51. The zero-order valence-corrected chi connectivity index (χ0v) is 28.9. The van der Waals surface area contributed by atoms with Crippen LogP contribution < -0.4 is 10.1 Å². The second-order valence-corrected chi connectivity index (χ2v) is 14.3. The van der Waals surface area contributed by atoms with Crippen LogP contribution in [-0.4, -0.2) is 40.7 Å². The summed E-state index contributed by atoms with van der Waals surface area (Å²) in [6.45, 7) is 5.00. The molecule has 0 radical (unpaired) electrons. The molecule has 7 nitrogen and oxygen atoms in total. The minimum absolute atomic E-state index is 0.130. The van der Waals surface area contributed by atoms with Crippen LogP contribution in [0.5, 0.6) is 5.75 Å². The molecule has 2 N–H and O–H groups in total. The number of carbonyl (C=O) groups is 2. The maximum Gasteiger partial charge on any atom is 0.408 e. The summed E-state index contributed by atoms with van der Waals surface area (Å²) >= 11 is 8.33. The minimum Gasteiger partial charge on any atom is -0.490 e. The summed E-state index contributed by atoms with van der Waals surface area (Å²) in [5.41, 5.74) is 2.32. The number of thioether (sulfide) groups is 1. The van der Waals surface area contributed by atoms with Crippen LogP contribution in [0.25, 0.3) is 0 Å². The molecule has 0 heterocycles. The summed E-state index contributed by atoms with van der Waals surface area (Å²) in [5, 5.41) is 21.7. The molecule has 1 amide bonds. The number of aliphatic carboxylic acids is 1. The van der Waals surface area contributed by atoms with Crippen molar-refractivity contribution in [2.24, 2.45) is 0 Å². The van der Waals surface area contributed by atoms with Gasteiger partial charge in [-0.05, 0) is 81.5 Å². The topological polar surface area (TPSA) is 109 Å². The van der Waals surface area contributed by atoms with Gasteiger partial charge in [0.25, 0.3) is 0 Å². The van der Waals surface area contributed by atoms with Crippen LogP contribution in [0.15, 0.2) is 112 Å². The Balaban J connectivity index is 1.89. The van der Waals surface area contributed by atoms with Gasteiger partial charge in [0, 0.05) is 0 Å². The van der Waals surface area contributed by atoms with E-state index in [0.29, 0.717) is 20.3 Å². The van der Waals surface area contributed by atoms with E-state index in [1.807, 2.05) is 91.0 Å². The zero-order chi connectivity index (χ0) is 32.6. The van der Waals surface area contributed by atoms with Crippen molar-refractivity contribution in [2.45, 2.75) is 42.4 Å². The number of nitrogens with zero attached hydrogens (tertiary/aromatic N) is 1. The second kappa shape index (κ2) is 15.0. The van der Waals surface area contributed by atoms with Crippen molar-refractivity contribution in [2.75, 3.05) is 6.61 Å². The van der Waals surface area contributed by atoms with Gasteiger partial charge in [-0.2, -0.15) is 5.26 Å². The molecule has 0 aromatic heterocycles. The number of alkyl carbamates (subject to hydrolysis) is 1. The van der Waals surface area contributed by atoms with E-state index in [-0.39, 0.29) is 6.61 Å². The predicted molar refractivity (Wildman–Crippen MR) is 183 cm³/mol. The summed E-state index contributed by atoms with van der Waals surface area (Å²) in [6.07, 6.45) is -0.856. The van der Waals surface area contributed by atoms with Crippen molar-refractivity contribution >= 4 is 55.7 Å². The number of carbonyl (C=O) groups excluding carboxylic acids is 1. The van der Waals surface area contributed by atoms with Gasteiger partial charge in [-0.3, -0.25) is 0 Å². The van der Waals surface area contributed by atoms with Crippen molar-refractivity contribution < 1.29 is 24.2 Å². The van der Waals surface area contributed by atoms with Gasteiger partial charge in [-0.1, -0.05) is 91.0 Å². The van der Waals surface area contributed by atoms with Gasteiger partial charge < -0.3 is 19.9 Å². The van der Waals surface area contributed by atoms with Crippen LogP contribution >= 0.6 is 43.6 Å². The van der Waals surface area contributed by atoms with Crippen LogP contribution in [0.4, 0.5) is 4.79 Å². The number of amides is 1. The Morgan fingerprint density at radius 2 is 1.31 bits per heavy atom. The molecule has 2 atom stereocenters. The quantitative estimate of drug-likeness (QED) is 0.148. The van der Waals surface area contributed by atoms with Crippen LogP contribution in [-0.2, 0) is 14.3 Å². The highest BCUT2D eigenvalue weighted by molar-refractivity contribution is 9.11. The molecule has 0 aliphatic heterocycles. The van der Waals surface area contributed by atoms with Gasteiger partial charge in [0.2, 0.25) is 0 Å². The number of benzene rings is 4. The second-order valence-electron chi connectivity index (χ2n) is 11.1. The van der Waals surface area contributed by atoms with E-state index in [0.717, 1.165) is 16.7 Å². The Morgan fingerprint density at radius 1 is 0.867 bits per heavy atom. The molecule has 0 fully saturated rings. The molecule has 4 rings (SSSR count). The maximum absolute atomic E-state index is 13.0. The fourth-order valence-electron chi connectivity index (χ4n) is 4.82. The summed E-state index contributed by atoms with van der Waals surface area (Å²) in [5.74, 6) is -0.853. The average Bonchev–Trinajstić information content (AvgIpc) is 3.01. The highest BCUT2D eigenvalue weighted by Gasteiger charge is 2.44. The molecule has 0 aliphatic rings. The highest BCUT2D eigenvalue weighted by atomic mass is 79.9. The van der Waals surface area contributed by atoms with Crippen LogP contribution in [0.3, 0.4) is 0 Å². The molecule has 4 aromatic carbocycles. The minimum atomic E-state index is -1.42. The summed E-state index contributed by atoms with van der Waals surface area (Å²) in [4.78, 5) is 26.0. The molecule has 10 heteroatoms. The third-order valence-electron chi connectivity index (χ3n) is 6.70. The number of hydrogen-bond donors (Lipinski definition) is 2. The van der Waals surface area contributed by atoms with E-state index in [9.17, 15) is 20.0 Å². The van der Waals surface area contributed by atoms with Crippen LogP contribution in [0.1, 0.15) is 43.0 Å². The lowest BCUT2D eigenvalue weighted by Crippen LogP contribution is -2.52. The fraction of sp³-hybridized carbons (Fsp3) is 0.229. The first-order valence-corrected chi connectivity index (χ1v) is 16.5. The largest absolute Gasteiger partial charge is 0.490 e. The molecule has 0 spiro atoms. The number of halogens is 2. The van der Waals surface area contributed by atoms with Crippen LogP contribution in [0.2, 0.25) is 0 Å². The van der Waals surface area contributed by atoms with Crippen molar-refractivity contribution in [3.8, 4) is 11.8 Å². The summed E-state index contributed by atoms with van der Waals surface area (Å²) in [6, 6.07) is 33.4. The molecule has 0 saturated heterocycles. The monoisotopic (exact) mass is 750 g/mol. The first-order valence-electron chi connectivity index (χ1n) is 14.0. The Kier molecular flexibility index (Phi) is 11.4. The third kappa shape index (κ3) is 8.48. The SMILES string of the molecule is CC(C)(C)OC(=O)N[C@H](C(=O)O)[C@@H](COc1c(Br)cc(C#N)cc1Br)SC(c1ccccc1)(c1ccccc1)c1ccccc1. The number of carboxylic acid groups (broad SMARTS) is 1. The summed E-state index contributed by atoms with van der Waals surface area (Å²) in [7, 11) is 0. The fourth-order valence-corrected chi connectivity index (χ4v) is 7.97. The van der Waals surface area contributed by atoms with Crippen molar-refractivity contribution in [3.63, 3.8) is 0 Å². The van der Waals surface area contributed by atoms with Crippen molar-refractivity contribution in [1.29, 1.82) is 5.26 Å². The molecule has 0 aliphatic carbocycles. The van der Waals surface area contributed by atoms with Gasteiger partial charge >= 0.3 is 12.1 Å². The Morgan fingerprint density at radius 3 is 1.69 bits per heavy atom. The lowest BCUT2D eigenvalue weighted by atomic mass is 9.84. The molecular weight excluding hydrogens is 720 g/mol. The van der Waals surface area contributed by atoms with E-state index < -0.39 is 33.7 Å². The first kappa shape index (κ1) is 34.1. The number of ether oxygens (including phenoxy) is 2. The average molecular weight is 753 g/mol. The van der Waals surface area contributed by atoms with E-state index in [1.54, 1.807) is 32.9 Å². The van der Waals surface area contributed by atoms with Gasteiger partial charge in [-0.15, -0.1) is 11.8 Å².